The topological polar surface area (TPSA) is 76.2 Å². The van der Waals surface area contributed by atoms with Gasteiger partial charge in [0.05, 0.1) is 12.7 Å². The molecule has 6 nitrogen and oxygen atoms in total. The monoisotopic (exact) mass is 325 g/mol. The number of hydrogen-bond acceptors (Lipinski definition) is 4. The first-order chi connectivity index (χ1) is 11.7. The molecule has 1 amide bonds. The van der Waals surface area contributed by atoms with E-state index in [9.17, 15) is 4.79 Å². The number of anilines is 1. The van der Waals surface area contributed by atoms with Gasteiger partial charge in [0.15, 0.2) is 5.82 Å². The number of ether oxygens (including phenoxy) is 2. The van der Waals surface area contributed by atoms with Gasteiger partial charge in [-0.1, -0.05) is 0 Å². The van der Waals surface area contributed by atoms with Crippen molar-refractivity contribution < 1.29 is 14.3 Å². The molecule has 0 radical (unpaired) electrons. The smallest absolute Gasteiger partial charge is 0.256 e. The van der Waals surface area contributed by atoms with Crippen LogP contribution in [0.25, 0.3) is 6.08 Å². The quantitative estimate of drug-likeness (QED) is 0.906. The van der Waals surface area contributed by atoms with Gasteiger partial charge < -0.3 is 14.8 Å². The van der Waals surface area contributed by atoms with E-state index < -0.39 is 0 Å². The normalized spacial score (nSPS) is 16.0. The van der Waals surface area contributed by atoms with Gasteiger partial charge in [-0.15, -0.1) is 0 Å². The summed E-state index contributed by atoms with van der Waals surface area (Å²) in [4.78, 5) is 12.5. The van der Waals surface area contributed by atoms with Crippen LogP contribution in [0.1, 0.15) is 35.6 Å². The number of H-pyrrole nitrogens is 1. The first kappa shape index (κ1) is 14.8. The van der Waals surface area contributed by atoms with Gasteiger partial charge in [-0.2, -0.15) is 5.10 Å². The van der Waals surface area contributed by atoms with Crippen LogP contribution in [0.5, 0.6) is 11.5 Å². The van der Waals surface area contributed by atoms with Crippen molar-refractivity contribution >= 4 is 17.8 Å². The van der Waals surface area contributed by atoms with Gasteiger partial charge in [-0.05, 0) is 44.0 Å². The van der Waals surface area contributed by atoms with E-state index in [1.807, 2.05) is 31.2 Å². The predicted molar refractivity (Wildman–Crippen MR) is 90.4 cm³/mol. The second kappa shape index (κ2) is 5.70. The zero-order valence-corrected chi connectivity index (χ0v) is 13.7. The zero-order chi connectivity index (χ0) is 16.7. The number of nitrogens with zero attached hydrogens (tertiary/aromatic N) is 1. The second-order valence-electron chi connectivity index (χ2n) is 6.20. The number of nitrogens with one attached hydrogen (secondary N) is 2. The molecular weight excluding hydrogens is 306 g/mol. The molecule has 4 rings (SSSR count). The third kappa shape index (κ3) is 2.64. The fourth-order valence-electron chi connectivity index (χ4n) is 2.90. The average molecular weight is 325 g/mol. The summed E-state index contributed by atoms with van der Waals surface area (Å²) in [6, 6.07) is 5.54. The lowest BCUT2D eigenvalue weighted by molar-refractivity contribution is -0.113. The molecule has 6 heteroatoms. The SMILES string of the molecule is COc1ccc2c(c1)C=C(C(=O)Nc1n[nH]c(C3CC3)c1C)CO2. The number of amides is 1. The summed E-state index contributed by atoms with van der Waals surface area (Å²) in [7, 11) is 1.61. The Balaban J connectivity index is 1.55. The third-order valence-electron chi connectivity index (χ3n) is 4.49. The third-order valence-corrected chi connectivity index (χ3v) is 4.49. The minimum absolute atomic E-state index is 0.194. The summed E-state index contributed by atoms with van der Waals surface area (Å²) < 4.78 is 10.9. The van der Waals surface area contributed by atoms with Crippen LogP contribution in [-0.2, 0) is 4.79 Å². The maximum atomic E-state index is 12.5. The standard InChI is InChI=1S/C18H19N3O3/c1-10-16(11-3-4-11)20-21-17(10)19-18(22)13-7-12-8-14(23-2)5-6-15(12)24-9-13/h5-8,11H,3-4,9H2,1-2H3,(H2,19,20,21,22). The van der Waals surface area contributed by atoms with Gasteiger partial charge >= 0.3 is 0 Å². The van der Waals surface area contributed by atoms with E-state index in [0.717, 1.165) is 28.3 Å². The lowest BCUT2D eigenvalue weighted by Crippen LogP contribution is -2.21. The van der Waals surface area contributed by atoms with Crippen molar-refractivity contribution in [3.05, 3.63) is 40.6 Å². The van der Waals surface area contributed by atoms with E-state index in [1.165, 1.54) is 12.8 Å². The molecule has 0 unspecified atom stereocenters. The van der Waals surface area contributed by atoms with Crippen LogP contribution in [0.2, 0.25) is 0 Å². The van der Waals surface area contributed by atoms with Crippen molar-refractivity contribution in [2.24, 2.45) is 0 Å². The Morgan fingerprint density at radius 3 is 3.00 bits per heavy atom. The lowest BCUT2D eigenvalue weighted by Gasteiger charge is -2.18. The summed E-state index contributed by atoms with van der Waals surface area (Å²) in [6.07, 6.45) is 4.21. The van der Waals surface area contributed by atoms with Crippen LogP contribution in [-0.4, -0.2) is 29.8 Å². The molecule has 0 spiro atoms. The van der Waals surface area contributed by atoms with Gasteiger partial charge in [0, 0.05) is 22.7 Å². The van der Waals surface area contributed by atoms with Crippen LogP contribution in [0.15, 0.2) is 23.8 Å². The Hall–Kier alpha value is -2.76. The number of hydrogen-bond donors (Lipinski definition) is 2. The first-order valence-corrected chi connectivity index (χ1v) is 8.03. The molecule has 1 aliphatic heterocycles. The second-order valence-corrected chi connectivity index (χ2v) is 6.20. The fourth-order valence-corrected chi connectivity index (χ4v) is 2.90. The lowest BCUT2D eigenvalue weighted by atomic mass is 10.1. The van der Waals surface area contributed by atoms with Crippen LogP contribution in [0.4, 0.5) is 5.82 Å². The van der Waals surface area contributed by atoms with Crippen molar-refractivity contribution in [2.75, 3.05) is 19.0 Å². The number of rotatable bonds is 4. The van der Waals surface area contributed by atoms with Crippen molar-refractivity contribution in [2.45, 2.75) is 25.7 Å². The fraction of sp³-hybridized carbons (Fsp3) is 0.333. The molecule has 1 aromatic carbocycles. The Morgan fingerprint density at radius 1 is 1.42 bits per heavy atom. The summed E-state index contributed by atoms with van der Waals surface area (Å²) in [5.74, 6) is 2.45. The number of aromatic amines is 1. The molecule has 0 bridgehead atoms. The maximum Gasteiger partial charge on any atom is 0.256 e. The molecular formula is C18H19N3O3. The molecule has 0 atom stereocenters. The van der Waals surface area contributed by atoms with Crippen LogP contribution in [0, 0.1) is 6.92 Å². The van der Waals surface area contributed by atoms with Gasteiger partial charge in [-0.25, -0.2) is 0 Å². The number of carbonyl (C=O) groups excluding carboxylic acids is 1. The van der Waals surface area contributed by atoms with Crippen molar-refractivity contribution in [3.63, 3.8) is 0 Å². The molecule has 0 saturated heterocycles. The first-order valence-electron chi connectivity index (χ1n) is 8.03. The summed E-state index contributed by atoms with van der Waals surface area (Å²) >= 11 is 0. The number of carbonyl (C=O) groups is 1. The average Bonchev–Trinajstić information content (AvgIpc) is 3.39. The summed E-state index contributed by atoms with van der Waals surface area (Å²) in [6.45, 7) is 2.22. The number of aromatic nitrogens is 2. The Bertz CT molecular complexity index is 834. The Kier molecular flexibility index (Phi) is 3.52. The maximum absolute atomic E-state index is 12.5. The highest BCUT2D eigenvalue weighted by Gasteiger charge is 2.29. The van der Waals surface area contributed by atoms with Gasteiger partial charge in [-0.3, -0.25) is 9.89 Å². The molecule has 2 N–H and O–H groups in total. The van der Waals surface area contributed by atoms with E-state index in [2.05, 4.69) is 15.5 Å². The predicted octanol–water partition coefficient (Wildman–Crippen LogP) is 3.02. The van der Waals surface area contributed by atoms with Crippen molar-refractivity contribution in [1.82, 2.24) is 10.2 Å². The van der Waals surface area contributed by atoms with E-state index >= 15 is 0 Å². The van der Waals surface area contributed by atoms with Gasteiger partial charge in [0.1, 0.15) is 18.1 Å². The van der Waals surface area contributed by atoms with E-state index in [0.29, 0.717) is 17.3 Å². The Morgan fingerprint density at radius 2 is 2.25 bits per heavy atom. The molecule has 1 aliphatic carbocycles. The van der Waals surface area contributed by atoms with Crippen LogP contribution in [0.3, 0.4) is 0 Å². The van der Waals surface area contributed by atoms with Crippen LogP contribution < -0.4 is 14.8 Å². The molecule has 2 aliphatic rings. The molecule has 124 valence electrons. The molecule has 2 aromatic rings. The molecule has 24 heavy (non-hydrogen) atoms. The van der Waals surface area contributed by atoms with E-state index in [4.69, 9.17) is 9.47 Å². The Labute approximate surface area is 139 Å². The highest BCUT2D eigenvalue weighted by Crippen LogP contribution is 2.41. The number of benzene rings is 1. The largest absolute Gasteiger partial charge is 0.497 e. The summed E-state index contributed by atoms with van der Waals surface area (Å²) in [5.41, 5.74) is 3.55. The van der Waals surface area contributed by atoms with Crippen LogP contribution >= 0.6 is 0 Å². The minimum Gasteiger partial charge on any atom is -0.497 e. The highest BCUT2D eigenvalue weighted by atomic mass is 16.5. The van der Waals surface area contributed by atoms with Gasteiger partial charge in [0.2, 0.25) is 0 Å². The molecule has 1 fully saturated rings. The number of methoxy groups -OCH3 is 1. The van der Waals surface area contributed by atoms with E-state index in [1.54, 1.807) is 7.11 Å². The molecule has 2 heterocycles. The minimum atomic E-state index is -0.194. The zero-order valence-electron chi connectivity index (χ0n) is 13.7. The van der Waals surface area contributed by atoms with Crippen molar-refractivity contribution in [3.8, 4) is 11.5 Å². The van der Waals surface area contributed by atoms with E-state index in [-0.39, 0.29) is 12.5 Å². The highest BCUT2D eigenvalue weighted by molar-refractivity contribution is 6.07. The molecule has 1 aromatic heterocycles. The molecule has 1 saturated carbocycles. The number of fused-ring (bicyclic) bond motifs is 1. The summed E-state index contributed by atoms with van der Waals surface area (Å²) in [5, 5.41) is 10.2. The van der Waals surface area contributed by atoms with Gasteiger partial charge in [0.25, 0.3) is 5.91 Å². The van der Waals surface area contributed by atoms with Crippen molar-refractivity contribution in [1.29, 1.82) is 0 Å².